The van der Waals surface area contributed by atoms with Gasteiger partial charge in [0.05, 0.1) is 24.8 Å². The lowest BCUT2D eigenvalue weighted by atomic mass is 9.95. The molecule has 1 heterocycles. The van der Waals surface area contributed by atoms with Gasteiger partial charge in [0.25, 0.3) is 0 Å². The number of fused-ring (bicyclic) bond motifs is 2. The van der Waals surface area contributed by atoms with Gasteiger partial charge in [0.15, 0.2) is 5.96 Å². The first kappa shape index (κ1) is 22.4. The maximum absolute atomic E-state index is 12.0. The standard InChI is InChI=1S/C21H34N6O.HI/c1-26(2)20(28)14-23-21(24-19-12-15-7-8-16(19)11-15)22-13-17-9-10-27(25-17)18-5-3-4-6-18;/h9-10,15-16,18-19H,3-8,11-14H2,1-2H3,(H2,22,23,24);1H. The van der Waals surface area contributed by atoms with E-state index in [4.69, 9.17) is 10.1 Å². The highest BCUT2D eigenvalue weighted by Crippen LogP contribution is 2.44. The zero-order valence-electron chi connectivity index (χ0n) is 17.6. The number of carbonyl (C=O) groups excluding carboxylic acids is 1. The summed E-state index contributed by atoms with van der Waals surface area (Å²) in [7, 11) is 3.56. The maximum Gasteiger partial charge on any atom is 0.241 e. The van der Waals surface area contributed by atoms with Crippen LogP contribution < -0.4 is 10.6 Å². The number of aliphatic imine (C=N–C) groups is 1. The van der Waals surface area contributed by atoms with Gasteiger partial charge in [-0.3, -0.25) is 9.48 Å². The molecule has 4 rings (SSSR count). The lowest BCUT2D eigenvalue weighted by molar-refractivity contribution is -0.127. The van der Waals surface area contributed by atoms with Gasteiger partial charge >= 0.3 is 0 Å². The molecule has 3 atom stereocenters. The quantitative estimate of drug-likeness (QED) is 0.348. The number of guanidine groups is 1. The fourth-order valence-electron chi connectivity index (χ4n) is 5.06. The van der Waals surface area contributed by atoms with Crippen LogP contribution in [-0.2, 0) is 11.3 Å². The average Bonchev–Trinajstić information content (AvgIpc) is 3.47. The van der Waals surface area contributed by atoms with Crippen molar-refractivity contribution >= 4 is 35.8 Å². The normalized spacial score (nSPS) is 26.4. The van der Waals surface area contributed by atoms with Crippen molar-refractivity contribution in [3.8, 4) is 0 Å². The summed E-state index contributed by atoms with van der Waals surface area (Å²) in [6.07, 6.45) is 12.4. The molecular weight excluding hydrogens is 479 g/mol. The van der Waals surface area contributed by atoms with Crippen molar-refractivity contribution < 1.29 is 4.79 Å². The predicted octanol–water partition coefficient (Wildman–Crippen LogP) is 2.93. The Hall–Kier alpha value is -1.32. The van der Waals surface area contributed by atoms with Gasteiger partial charge < -0.3 is 15.5 Å². The summed E-state index contributed by atoms with van der Waals surface area (Å²) in [6.45, 7) is 0.794. The SMILES string of the molecule is CN(C)C(=O)CNC(=NCc1ccn(C2CCCC2)n1)NC1CC2CCC1C2.I. The minimum atomic E-state index is 0. The van der Waals surface area contributed by atoms with Crippen LogP contribution in [0.1, 0.15) is 63.1 Å². The van der Waals surface area contributed by atoms with E-state index in [0.29, 0.717) is 18.6 Å². The summed E-state index contributed by atoms with van der Waals surface area (Å²) in [6, 6.07) is 3.11. The Bertz CT molecular complexity index is 712. The molecule has 3 unspecified atom stereocenters. The summed E-state index contributed by atoms with van der Waals surface area (Å²) in [5.41, 5.74) is 0.986. The number of hydrogen-bond donors (Lipinski definition) is 2. The minimum Gasteiger partial charge on any atom is -0.353 e. The second-order valence-corrected chi connectivity index (χ2v) is 8.96. The van der Waals surface area contributed by atoms with Gasteiger partial charge in [-0.25, -0.2) is 4.99 Å². The zero-order chi connectivity index (χ0) is 19.5. The highest BCUT2D eigenvalue weighted by molar-refractivity contribution is 14.0. The van der Waals surface area contributed by atoms with Crippen molar-refractivity contribution in [3.05, 3.63) is 18.0 Å². The van der Waals surface area contributed by atoms with Crippen molar-refractivity contribution in [1.29, 1.82) is 0 Å². The minimum absolute atomic E-state index is 0. The highest BCUT2D eigenvalue weighted by atomic mass is 127. The average molecular weight is 514 g/mol. The Labute approximate surface area is 191 Å². The molecular formula is C21H35IN6O. The highest BCUT2D eigenvalue weighted by Gasteiger charge is 2.39. The molecule has 0 aromatic carbocycles. The first-order valence-electron chi connectivity index (χ1n) is 10.9. The Balaban J connectivity index is 0.00000240. The molecule has 0 aliphatic heterocycles. The number of carbonyl (C=O) groups is 1. The fraction of sp³-hybridized carbons (Fsp3) is 0.762. The molecule has 2 N–H and O–H groups in total. The molecule has 3 aliphatic carbocycles. The molecule has 3 saturated carbocycles. The van der Waals surface area contributed by atoms with Crippen LogP contribution in [0.2, 0.25) is 0 Å². The van der Waals surface area contributed by atoms with Crippen molar-refractivity contribution in [2.45, 2.75) is 70.0 Å². The molecule has 7 nitrogen and oxygen atoms in total. The van der Waals surface area contributed by atoms with E-state index in [1.165, 1.54) is 51.4 Å². The van der Waals surface area contributed by atoms with Crippen LogP contribution in [-0.4, -0.2) is 53.2 Å². The van der Waals surface area contributed by atoms with Crippen molar-refractivity contribution in [2.24, 2.45) is 16.8 Å². The van der Waals surface area contributed by atoms with E-state index in [-0.39, 0.29) is 36.4 Å². The van der Waals surface area contributed by atoms with Gasteiger partial charge in [-0.15, -0.1) is 24.0 Å². The van der Waals surface area contributed by atoms with Crippen LogP contribution in [0.5, 0.6) is 0 Å². The summed E-state index contributed by atoms with van der Waals surface area (Å²) >= 11 is 0. The maximum atomic E-state index is 12.0. The van der Waals surface area contributed by atoms with Gasteiger partial charge in [0.1, 0.15) is 0 Å². The second-order valence-electron chi connectivity index (χ2n) is 8.96. The van der Waals surface area contributed by atoms with E-state index in [1.54, 1.807) is 19.0 Å². The molecule has 0 spiro atoms. The Kier molecular flexibility index (Phi) is 7.81. The lowest BCUT2D eigenvalue weighted by Crippen LogP contribution is -2.48. The number of likely N-dealkylation sites (N-methyl/N-ethyl adjacent to an activating group) is 1. The molecule has 29 heavy (non-hydrogen) atoms. The number of rotatable bonds is 6. The van der Waals surface area contributed by atoms with Crippen molar-refractivity contribution in [1.82, 2.24) is 25.3 Å². The van der Waals surface area contributed by atoms with E-state index in [0.717, 1.165) is 23.5 Å². The third kappa shape index (κ3) is 5.64. The van der Waals surface area contributed by atoms with Gasteiger partial charge in [-0.1, -0.05) is 19.3 Å². The van der Waals surface area contributed by atoms with Crippen molar-refractivity contribution in [2.75, 3.05) is 20.6 Å². The monoisotopic (exact) mass is 514 g/mol. The lowest BCUT2D eigenvalue weighted by Gasteiger charge is -2.25. The first-order chi connectivity index (χ1) is 13.6. The van der Waals surface area contributed by atoms with E-state index in [1.807, 2.05) is 0 Å². The van der Waals surface area contributed by atoms with Gasteiger partial charge in [-0.05, 0) is 50.0 Å². The fourth-order valence-corrected chi connectivity index (χ4v) is 5.06. The van der Waals surface area contributed by atoms with Crippen LogP contribution in [0.3, 0.4) is 0 Å². The summed E-state index contributed by atoms with van der Waals surface area (Å²) in [4.78, 5) is 18.4. The molecule has 1 aromatic heterocycles. The van der Waals surface area contributed by atoms with Crippen LogP contribution in [0, 0.1) is 11.8 Å². The number of nitrogens with zero attached hydrogens (tertiary/aromatic N) is 4. The number of nitrogens with one attached hydrogen (secondary N) is 2. The van der Waals surface area contributed by atoms with Gasteiger partial charge in [-0.2, -0.15) is 5.10 Å². The summed E-state index contributed by atoms with van der Waals surface area (Å²) in [5, 5.41) is 11.6. The molecule has 162 valence electrons. The summed E-state index contributed by atoms with van der Waals surface area (Å²) in [5.74, 6) is 2.41. The van der Waals surface area contributed by atoms with Crippen LogP contribution in [0.25, 0.3) is 0 Å². The Morgan fingerprint density at radius 3 is 2.69 bits per heavy atom. The van der Waals surface area contributed by atoms with Crippen molar-refractivity contribution in [3.63, 3.8) is 0 Å². The van der Waals surface area contributed by atoms with E-state index in [2.05, 4.69) is 27.6 Å². The van der Waals surface area contributed by atoms with E-state index in [9.17, 15) is 4.79 Å². The third-order valence-corrected chi connectivity index (χ3v) is 6.73. The van der Waals surface area contributed by atoms with Crippen LogP contribution in [0.15, 0.2) is 17.3 Å². The Morgan fingerprint density at radius 1 is 1.24 bits per heavy atom. The number of amides is 1. The number of hydrogen-bond acceptors (Lipinski definition) is 3. The molecule has 3 aliphatic rings. The van der Waals surface area contributed by atoms with Crippen LogP contribution >= 0.6 is 24.0 Å². The van der Waals surface area contributed by atoms with E-state index >= 15 is 0 Å². The second kappa shape index (κ2) is 10.1. The van der Waals surface area contributed by atoms with Crippen LogP contribution in [0.4, 0.5) is 0 Å². The molecule has 1 aromatic rings. The molecule has 8 heteroatoms. The number of aromatic nitrogens is 2. The topological polar surface area (TPSA) is 74.5 Å². The Morgan fingerprint density at radius 2 is 2.03 bits per heavy atom. The largest absolute Gasteiger partial charge is 0.353 e. The van der Waals surface area contributed by atoms with Gasteiger partial charge in [0, 0.05) is 26.3 Å². The molecule has 1 amide bonds. The molecule has 2 bridgehead atoms. The molecule has 0 saturated heterocycles. The third-order valence-electron chi connectivity index (χ3n) is 6.73. The van der Waals surface area contributed by atoms with E-state index < -0.39 is 0 Å². The molecule has 0 radical (unpaired) electrons. The number of halogens is 1. The van der Waals surface area contributed by atoms with Gasteiger partial charge in [0.2, 0.25) is 5.91 Å². The summed E-state index contributed by atoms with van der Waals surface area (Å²) < 4.78 is 2.11. The first-order valence-corrected chi connectivity index (χ1v) is 10.9. The molecule has 3 fully saturated rings. The smallest absolute Gasteiger partial charge is 0.241 e. The predicted molar refractivity (Wildman–Crippen MR) is 125 cm³/mol. The zero-order valence-corrected chi connectivity index (χ0v) is 20.0.